The van der Waals surface area contributed by atoms with Gasteiger partial charge in [-0.05, 0) is 44.2 Å². The zero-order valence-electron chi connectivity index (χ0n) is 15.7. The van der Waals surface area contributed by atoms with Crippen LogP contribution in [0.2, 0.25) is 0 Å². The normalized spacial score (nSPS) is 15.3. The molecule has 2 aromatic rings. The van der Waals surface area contributed by atoms with Gasteiger partial charge in [0.2, 0.25) is 11.8 Å². The average molecular weight is 423 g/mol. The van der Waals surface area contributed by atoms with Crippen LogP contribution in [0.5, 0.6) is 0 Å². The largest absolute Gasteiger partial charge is 0.465 e. The van der Waals surface area contributed by atoms with Crippen LogP contribution in [-0.2, 0) is 26.0 Å². The topological polar surface area (TPSA) is 105 Å². The molecule has 1 unspecified atom stereocenters. The van der Waals surface area contributed by atoms with Crippen LogP contribution in [0, 0.1) is 6.92 Å². The quantitative estimate of drug-likeness (QED) is 0.742. The molecular formula is C19H22N2O5S2. The lowest BCUT2D eigenvalue weighted by Crippen LogP contribution is -2.29. The van der Waals surface area contributed by atoms with Crippen LogP contribution in [0.15, 0.2) is 44.5 Å². The van der Waals surface area contributed by atoms with Crippen molar-refractivity contribution in [2.75, 3.05) is 11.1 Å². The predicted octanol–water partition coefficient (Wildman–Crippen LogP) is 2.89. The summed E-state index contributed by atoms with van der Waals surface area (Å²) in [6.45, 7) is 3.52. The lowest BCUT2D eigenvalue weighted by atomic mass is 10.3. The summed E-state index contributed by atoms with van der Waals surface area (Å²) in [4.78, 5) is 24.8. The molecule has 150 valence electrons. The maximum atomic E-state index is 12.9. The van der Waals surface area contributed by atoms with Gasteiger partial charge in [0.1, 0.15) is 11.5 Å². The van der Waals surface area contributed by atoms with E-state index in [1.807, 2.05) is 0 Å². The maximum absolute atomic E-state index is 12.9. The first-order valence-electron chi connectivity index (χ1n) is 8.88. The zero-order chi connectivity index (χ0) is 20.3. The number of hydrogen-bond acceptors (Lipinski definition) is 6. The Labute approximate surface area is 168 Å². The van der Waals surface area contributed by atoms with Crippen LogP contribution in [0.25, 0.3) is 0 Å². The molecule has 9 heteroatoms. The second-order valence-electron chi connectivity index (χ2n) is 6.65. The molecule has 0 spiro atoms. The van der Waals surface area contributed by atoms with E-state index in [1.165, 1.54) is 30.8 Å². The third-order valence-corrected chi connectivity index (χ3v) is 7.61. The number of thioether (sulfide) groups is 1. The summed E-state index contributed by atoms with van der Waals surface area (Å²) in [7, 11) is -3.72. The highest BCUT2D eigenvalue weighted by Gasteiger charge is 2.27. The van der Waals surface area contributed by atoms with Crippen LogP contribution in [0.1, 0.15) is 31.3 Å². The minimum absolute atomic E-state index is 0.0935. The van der Waals surface area contributed by atoms with Crippen molar-refractivity contribution < 1.29 is 22.4 Å². The van der Waals surface area contributed by atoms with E-state index in [4.69, 9.17) is 4.42 Å². The van der Waals surface area contributed by atoms with Crippen molar-refractivity contribution in [1.82, 2.24) is 5.32 Å². The number of rotatable bonds is 6. The number of furan rings is 1. The van der Waals surface area contributed by atoms with Gasteiger partial charge >= 0.3 is 0 Å². The highest BCUT2D eigenvalue weighted by molar-refractivity contribution is 7.99. The average Bonchev–Trinajstić information content (AvgIpc) is 2.96. The fourth-order valence-corrected chi connectivity index (χ4v) is 5.13. The summed E-state index contributed by atoms with van der Waals surface area (Å²) in [5, 5.41) is 4.51. The molecule has 3 rings (SSSR count). The molecule has 0 fully saturated rings. The second kappa shape index (κ2) is 8.40. The van der Waals surface area contributed by atoms with E-state index < -0.39 is 15.1 Å². The van der Waals surface area contributed by atoms with E-state index in [-0.39, 0.29) is 29.7 Å². The number of carbonyl (C=O) groups is 2. The Hall–Kier alpha value is -2.26. The SMILES string of the molecule is Cc1ccc(CNC(=O)CC(C)S(=O)(=O)c2ccc3c(c2)NC(=O)CCS3)o1. The second-order valence-corrected chi connectivity index (χ2v) is 10.2. The molecule has 0 bridgehead atoms. The smallest absolute Gasteiger partial charge is 0.225 e. The summed E-state index contributed by atoms with van der Waals surface area (Å²) in [6, 6.07) is 8.26. The van der Waals surface area contributed by atoms with Gasteiger partial charge in [0.25, 0.3) is 0 Å². The molecule has 1 aliphatic rings. The molecule has 2 amide bonds. The molecule has 1 aromatic carbocycles. The molecule has 2 heterocycles. The summed E-state index contributed by atoms with van der Waals surface area (Å²) >= 11 is 1.51. The maximum Gasteiger partial charge on any atom is 0.225 e. The van der Waals surface area contributed by atoms with E-state index in [2.05, 4.69) is 10.6 Å². The van der Waals surface area contributed by atoms with E-state index in [1.54, 1.807) is 25.1 Å². The van der Waals surface area contributed by atoms with Crippen LogP contribution in [0.3, 0.4) is 0 Å². The summed E-state index contributed by atoms with van der Waals surface area (Å²) in [5.74, 6) is 1.50. The molecule has 7 nitrogen and oxygen atoms in total. The molecule has 0 radical (unpaired) electrons. The molecule has 0 saturated carbocycles. The van der Waals surface area contributed by atoms with Gasteiger partial charge in [-0.25, -0.2) is 8.42 Å². The highest BCUT2D eigenvalue weighted by Crippen LogP contribution is 2.33. The van der Waals surface area contributed by atoms with Crippen molar-refractivity contribution in [2.24, 2.45) is 0 Å². The van der Waals surface area contributed by atoms with Gasteiger partial charge in [-0.2, -0.15) is 0 Å². The van der Waals surface area contributed by atoms with Gasteiger partial charge < -0.3 is 15.1 Å². The molecule has 1 atom stereocenters. The lowest BCUT2D eigenvalue weighted by Gasteiger charge is -2.15. The molecular weight excluding hydrogens is 400 g/mol. The Morgan fingerprint density at radius 3 is 2.82 bits per heavy atom. The lowest BCUT2D eigenvalue weighted by molar-refractivity contribution is -0.121. The van der Waals surface area contributed by atoms with Gasteiger partial charge in [-0.15, -0.1) is 11.8 Å². The van der Waals surface area contributed by atoms with Crippen molar-refractivity contribution in [3.63, 3.8) is 0 Å². The first-order chi connectivity index (χ1) is 13.3. The number of aryl methyl sites for hydroxylation is 1. The van der Waals surface area contributed by atoms with Gasteiger partial charge in [-0.3, -0.25) is 9.59 Å². The van der Waals surface area contributed by atoms with E-state index >= 15 is 0 Å². The standard InChI is InChI=1S/C19H22N2O5S2/c1-12-3-4-14(26-12)11-20-19(23)9-13(2)28(24,25)15-5-6-17-16(10-15)21-18(22)7-8-27-17/h3-6,10,13H,7-9,11H2,1-2H3,(H,20,23)(H,21,22). The number of anilines is 1. The highest BCUT2D eigenvalue weighted by atomic mass is 32.2. The van der Waals surface area contributed by atoms with Crippen molar-refractivity contribution in [3.05, 3.63) is 41.9 Å². The first kappa shape index (κ1) is 20.5. The third-order valence-electron chi connectivity index (χ3n) is 4.40. The summed E-state index contributed by atoms with van der Waals surface area (Å²) < 4.78 is 31.1. The Morgan fingerprint density at radius 2 is 2.11 bits per heavy atom. The Bertz CT molecular complexity index is 998. The minimum Gasteiger partial charge on any atom is -0.465 e. The summed E-state index contributed by atoms with van der Waals surface area (Å²) in [6.07, 6.45) is 0.216. The third kappa shape index (κ3) is 4.77. The van der Waals surface area contributed by atoms with Gasteiger partial charge in [0.05, 0.1) is 22.4 Å². The molecule has 1 aromatic heterocycles. The number of fused-ring (bicyclic) bond motifs is 1. The Balaban J connectivity index is 1.67. The van der Waals surface area contributed by atoms with Gasteiger partial charge in [0.15, 0.2) is 9.84 Å². The number of benzene rings is 1. The van der Waals surface area contributed by atoms with E-state index in [9.17, 15) is 18.0 Å². The molecule has 2 N–H and O–H groups in total. The van der Waals surface area contributed by atoms with Crippen LogP contribution in [0.4, 0.5) is 5.69 Å². The molecule has 0 aliphatic carbocycles. The zero-order valence-corrected chi connectivity index (χ0v) is 17.3. The van der Waals surface area contributed by atoms with E-state index in [0.29, 0.717) is 23.6 Å². The van der Waals surface area contributed by atoms with Crippen LogP contribution >= 0.6 is 11.8 Å². The number of hydrogen-bond donors (Lipinski definition) is 2. The van der Waals surface area contributed by atoms with Gasteiger partial charge in [0, 0.05) is 23.5 Å². The number of amides is 2. The van der Waals surface area contributed by atoms with Crippen LogP contribution < -0.4 is 10.6 Å². The Kier molecular flexibility index (Phi) is 6.14. The number of nitrogens with one attached hydrogen (secondary N) is 2. The summed E-state index contributed by atoms with van der Waals surface area (Å²) in [5.41, 5.74) is 0.499. The van der Waals surface area contributed by atoms with Crippen molar-refractivity contribution >= 4 is 39.1 Å². The minimum atomic E-state index is -3.72. The number of sulfone groups is 1. The first-order valence-corrected chi connectivity index (χ1v) is 11.4. The van der Waals surface area contributed by atoms with Crippen molar-refractivity contribution in [3.8, 4) is 0 Å². The molecule has 0 saturated heterocycles. The molecule has 28 heavy (non-hydrogen) atoms. The number of carbonyl (C=O) groups excluding carboxylic acids is 2. The van der Waals surface area contributed by atoms with Crippen molar-refractivity contribution in [1.29, 1.82) is 0 Å². The predicted molar refractivity (Wildman–Crippen MR) is 107 cm³/mol. The molecule has 1 aliphatic heterocycles. The Morgan fingerprint density at radius 1 is 1.32 bits per heavy atom. The van der Waals surface area contributed by atoms with Crippen LogP contribution in [-0.4, -0.2) is 31.2 Å². The van der Waals surface area contributed by atoms with E-state index in [0.717, 1.165) is 10.7 Å². The van der Waals surface area contributed by atoms with Gasteiger partial charge in [-0.1, -0.05) is 0 Å². The fourth-order valence-electron chi connectivity index (χ4n) is 2.82. The monoisotopic (exact) mass is 422 g/mol. The fraction of sp³-hybridized carbons (Fsp3) is 0.368. The van der Waals surface area contributed by atoms with Crippen molar-refractivity contribution in [2.45, 2.75) is 48.3 Å².